The summed E-state index contributed by atoms with van der Waals surface area (Å²) in [5, 5.41) is 10.1. The average Bonchev–Trinajstić information content (AvgIpc) is 2.38. The van der Waals surface area contributed by atoms with Gasteiger partial charge in [0.15, 0.2) is 0 Å². The number of likely N-dealkylation sites (tertiary alicyclic amines) is 1. The summed E-state index contributed by atoms with van der Waals surface area (Å²) in [7, 11) is 0. The van der Waals surface area contributed by atoms with E-state index in [0.717, 1.165) is 17.7 Å². The van der Waals surface area contributed by atoms with Crippen molar-refractivity contribution >= 4 is 0 Å². The molecule has 0 bridgehead atoms. The van der Waals surface area contributed by atoms with E-state index in [1.807, 2.05) is 13.0 Å². The second-order valence-corrected chi connectivity index (χ2v) is 5.53. The molecule has 1 aromatic carbocycles. The van der Waals surface area contributed by atoms with Crippen molar-refractivity contribution in [1.29, 1.82) is 0 Å². The molecular formula is C16H25NO. The lowest BCUT2D eigenvalue weighted by Gasteiger charge is -2.40. The van der Waals surface area contributed by atoms with Crippen LogP contribution in [0.15, 0.2) is 18.2 Å². The maximum atomic E-state index is 10.1. The number of benzene rings is 1. The minimum atomic E-state index is 0.316. The minimum absolute atomic E-state index is 0.316. The summed E-state index contributed by atoms with van der Waals surface area (Å²) in [6, 6.07) is 7.04. The van der Waals surface area contributed by atoms with Gasteiger partial charge in [-0.2, -0.15) is 0 Å². The number of hydrogen-bond acceptors (Lipinski definition) is 2. The molecule has 0 aliphatic carbocycles. The Bertz CT molecular complexity index is 402. The van der Waals surface area contributed by atoms with Crippen LogP contribution >= 0.6 is 0 Å². The molecule has 2 rings (SSSR count). The van der Waals surface area contributed by atoms with Crippen LogP contribution in [0.4, 0.5) is 0 Å². The van der Waals surface area contributed by atoms with Crippen molar-refractivity contribution in [2.45, 2.75) is 58.5 Å². The van der Waals surface area contributed by atoms with Gasteiger partial charge in [-0.25, -0.2) is 0 Å². The number of phenols is 1. The number of aromatic hydroxyl groups is 1. The number of phenolic OH excluding ortho intramolecular Hbond substituents is 1. The highest BCUT2D eigenvalue weighted by atomic mass is 16.3. The van der Waals surface area contributed by atoms with Crippen LogP contribution in [0.5, 0.6) is 5.75 Å². The smallest absolute Gasteiger partial charge is 0.120 e. The Labute approximate surface area is 111 Å². The molecule has 2 nitrogen and oxygen atoms in total. The summed E-state index contributed by atoms with van der Waals surface area (Å²) < 4.78 is 0. The van der Waals surface area contributed by atoms with Crippen LogP contribution in [0.1, 0.15) is 56.7 Å². The first kappa shape index (κ1) is 13.4. The molecule has 1 saturated heterocycles. The molecule has 2 atom stereocenters. The van der Waals surface area contributed by atoms with Crippen molar-refractivity contribution in [2.75, 3.05) is 6.54 Å². The maximum absolute atomic E-state index is 10.1. The molecule has 0 radical (unpaired) electrons. The quantitative estimate of drug-likeness (QED) is 0.871. The van der Waals surface area contributed by atoms with Crippen LogP contribution in [-0.2, 0) is 0 Å². The predicted octanol–water partition coefficient (Wildman–Crippen LogP) is 4.03. The van der Waals surface area contributed by atoms with Gasteiger partial charge in [0.1, 0.15) is 5.75 Å². The van der Waals surface area contributed by atoms with Crippen LogP contribution < -0.4 is 0 Å². The maximum Gasteiger partial charge on any atom is 0.120 e. The second kappa shape index (κ2) is 5.75. The normalized spacial score (nSPS) is 22.9. The molecule has 1 aromatic rings. The number of nitrogens with zero attached hydrogens (tertiary/aromatic N) is 1. The summed E-state index contributed by atoms with van der Waals surface area (Å²) in [6.45, 7) is 7.67. The Morgan fingerprint density at radius 1 is 1.39 bits per heavy atom. The molecule has 18 heavy (non-hydrogen) atoms. The van der Waals surface area contributed by atoms with Gasteiger partial charge in [0.25, 0.3) is 0 Å². The van der Waals surface area contributed by atoms with E-state index >= 15 is 0 Å². The SMILES string of the molecule is CCC1CCCCN1C(C)c1ccc(C)cc1O. The molecule has 1 heterocycles. The van der Waals surface area contributed by atoms with Crippen molar-refractivity contribution < 1.29 is 5.11 Å². The van der Waals surface area contributed by atoms with Crippen LogP contribution in [0, 0.1) is 6.92 Å². The van der Waals surface area contributed by atoms with E-state index in [2.05, 4.69) is 30.9 Å². The highest BCUT2D eigenvalue weighted by Gasteiger charge is 2.27. The molecule has 1 aliphatic heterocycles. The highest BCUT2D eigenvalue weighted by Crippen LogP contribution is 2.34. The fraction of sp³-hybridized carbons (Fsp3) is 0.625. The van der Waals surface area contributed by atoms with Gasteiger partial charge in [0.05, 0.1) is 0 Å². The summed E-state index contributed by atoms with van der Waals surface area (Å²) in [6.07, 6.45) is 5.14. The average molecular weight is 247 g/mol. The number of rotatable bonds is 3. The summed E-state index contributed by atoms with van der Waals surface area (Å²) in [5.74, 6) is 0.447. The molecule has 2 unspecified atom stereocenters. The molecule has 0 saturated carbocycles. The van der Waals surface area contributed by atoms with Crippen molar-refractivity contribution in [3.63, 3.8) is 0 Å². The van der Waals surface area contributed by atoms with Crippen LogP contribution in [0.2, 0.25) is 0 Å². The Hall–Kier alpha value is -1.02. The van der Waals surface area contributed by atoms with E-state index in [-0.39, 0.29) is 0 Å². The zero-order chi connectivity index (χ0) is 13.1. The van der Waals surface area contributed by atoms with E-state index < -0.39 is 0 Å². The van der Waals surface area contributed by atoms with E-state index in [0.29, 0.717) is 17.8 Å². The first-order valence-corrected chi connectivity index (χ1v) is 7.18. The van der Waals surface area contributed by atoms with Crippen LogP contribution in [0.3, 0.4) is 0 Å². The summed E-state index contributed by atoms with van der Waals surface area (Å²) in [5.41, 5.74) is 2.19. The third-order valence-corrected chi connectivity index (χ3v) is 4.28. The third kappa shape index (κ3) is 2.69. The lowest BCUT2D eigenvalue weighted by Crippen LogP contribution is -2.40. The first-order valence-electron chi connectivity index (χ1n) is 7.18. The van der Waals surface area contributed by atoms with Gasteiger partial charge >= 0.3 is 0 Å². The topological polar surface area (TPSA) is 23.5 Å². The Morgan fingerprint density at radius 3 is 2.83 bits per heavy atom. The summed E-state index contributed by atoms with van der Waals surface area (Å²) in [4.78, 5) is 2.56. The van der Waals surface area contributed by atoms with E-state index in [4.69, 9.17) is 0 Å². The molecule has 1 N–H and O–H groups in total. The Balaban J connectivity index is 2.20. The van der Waals surface area contributed by atoms with Gasteiger partial charge in [-0.05, 0) is 51.3 Å². The number of hydrogen-bond donors (Lipinski definition) is 1. The fourth-order valence-electron chi connectivity index (χ4n) is 3.16. The van der Waals surface area contributed by atoms with Crippen molar-refractivity contribution in [2.24, 2.45) is 0 Å². The highest BCUT2D eigenvalue weighted by molar-refractivity contribution is 5.38. The Morgan fingerprint density at radius 2 is 2.17 bits per heavy atom. The van der Waals surface area contributed by atoms with Crippen molar-refractivity contribution in [1.82, 2.24) is 4.90 Å². The van der Waals surface area contributed by atoms with Crippen molar-refractivity contribution in [3.05, 3.63) is 29.3 Å². The third-order valence-electron chi connectivity index (χ3n) is 4.28. The fourth-order valence-corrected chi connectivity index (χ4v) is 3.16. The lowest BCUT2D eigenvalue weighted by atomic mass is 9.95. The van der Waals surface area contributed by atoms with Gasteiger partial charge in [0.2, 0.25) is 0 Å². The molecule has 0 amide bonds. The van der Waals surface area contributed by atoms with E-state index in [1.54, 1.807) is 0 Å². The molecular weight excluding hydrogens is 222 g/mol. The van der Waals surface area contributed by atoms with Gasteiger partial charge in [-0.15, -0.1) is 0 Å². The molecule has 100 valence electrons. The van der Waals surface area contributed by atoms with Crippen LogP contribution in [0.25, 0.3) is 0 Å². The van der Waals surface area contributed by atoms with E-state index in [1.165, 1.54) is 25.7 Å². The number of piperidine rings is 1. The van der Waals surface area contributed by atoms with Gasteiger partial charge in [0, 0.05) is 17.6 Å². The molecule has 2 heteroatoms. The zero-order valence-corrected chi connectivity index (χ0v) is 11.8. The minimum Gasteiger partial charge on any atom is -0.508 e. The van der Waals surface area contributed by atoms with Crippen molar-refractivity contribution in [3.8, 4) is 5.75 Å². The zero-order valence-electron chi connectivity index (χ0n) is 11.8. The van der Waals surface area contributed by atoms with Gasteiger partial charge < -0.3 is 5.11 Å². The number of aryl methyl sites for hydroxylation is 1. The van der Waals surface area contributed by atoms with Crippen LogP contribution in [-0.4, -0.2) is 22.6 Å². The summed E-state index contributed by atoms with van der Waals surface area (Å²) >= 11 is 0. The predicted molar refractivity (Wildman–Crippen MR) is 75.9 cm³/mol. The molecule has 0 spiro atoms. The first-order chi connectivity index (χ1) is 8.63. The van der Waals surface area contributed by atoms with E-state index in [9.17, 15) is 5.11 Å². The van der Waals surface area contributed by atoms with Gasteiger partial charge in [-0.3, -0.25) is 4.90 Å². The molecule has 1 aliphatic rings. The largest absolute Gasteiger partial charge is 0.508 e. The molecule has 0 aromatic heterocycles. The standard InChI is InChI=1S/C16H25NO/c1-4-14-7-5-6-10-17(14)13(3)15-9-8-12(2)11-16(15)18/h8-9,11,13-14,18H,4-7,10H2,1-3H3. The Kier molecular flexibility index (Phi) is 4.28. The monoisotopic (exact) mass is 247 g/mol. The molecule has 1 fully saturated rings. The van der Waals surface area contributed by atoms with Gasteiger partial charge in [-0.1, -0.05) is 25.5 Å². The second-order valence-electron chi connectivity index (χ2n) is 5.53. The lowest BCUT2D eigenvalue weighted by molar-refractivity contribution is 0.0988.